The van der Waals surface area contributed by atoms with Gasteiger partial charge in [-0.1, -0.05) is 20.3 Å². The van der Waals surface area contributed by atoms with Crippen molar-refractivity contribution in [1.29, 1.82) is 0 Å². The molecule has 1 aromatic rings. The summed E-state index contributed by atoms with van der Waals surface area (Å²) in [5.74, 6) is 0.974. The second kappa shape index (κ2) is 6.28. The number of nitrogen functional groups attached to an aromatic ring is 1. The van der Waals surface area contributed by atoms with Crippen molar-refractivity contribution in [3.8, 4) is 5.75 Å². The van der Waals surface area contributed by atoms with Gasteiger partial charge in [0.15, 0.2) is 0 Å². The molecule has 4 nitrogen and oxygen atoms in total. The Bertz CT molecular complexity index is 418. The van der Waals surface area contributed by atoms with Gasteiger partial charge in [0, 0.05) is 25.3 Å². The number of carbonyl (C=O) groups excluding carboxylic acids is 1. The zero-order valence-electron chi connectivity index (χ0n) is 11.6. The highest BCUT2D eigenvalue weighted by Crippen LogP contribution is 2.23. The maximum atomic E-state index is 12.3. The van der Waals surface area contributed by atoms with Crippen LogP contribution in [-0.4, -0.2) is 31.5 Å². The van der Waals surface area contributed by atoms with E-state index in [-0.39, 0.29) is 5.91 Å². The molecule has 1 atom stereocenters. The van der Waals surface area contributed by atoms with Crippen LogP contribution in [0, 0.1) is 5.92 Å². The summed E-state index contributed by atoms with van der Waals surface area (Å²) in [6, 6.07) is 5.10. The van der Waals surface area contributed by atoms with Crippen LogP contribution in [0.15, 0.2) is 18.2 Å². The molecule has 2 N–H and O–H groups in total. The number of carbonyl (C=O) groups is 1. The summed E-state index contributed by atoms with van der Waals surface area (Å²) < 4.78 is 5.20. The van der Waals surface area contributed by atoms with E-state index in [2.05, 4.69) is 13.8 Å². The van der Waals surface area contributed by atoms with Crippen LogP contribution >= 0.6 is 0 Å². The molecule has 0 saturated carbocycles. The SMILES string of the molecule is CCC(C)CN(C)C(=O)c1ccc(N)cc1OC. The van der Waals surface area contributed by atoms with Crippen LogP contribution in [-0.2, 0) is 0 Å². The third-order valence-corrected chi connectivity index (χ3v) is 3.09. The number of benzene rings is 1. The molecule has 0 saturated heterocycles. The van der Waals surface area contributed by atoms with Crippen LogP contribution in [0.5, 0.6) is 5.75 Å². The summed E-state index contributed by atoms with van der Waals surface area (Å²) in [7, 11) is 3.35. The molecule has 1 aromatic carbocycles. The average molecular weight is 250 g/mol. The molecule has 0 spiro atoms. The van der Waals surface area contributed by atoms with Crippen LogP contribution in [0.1, 0.15) is 30.6 Å². The highest BCUT2D eigenvalue weighted by atomic mass is 16.5. The molecule has 0 aliphatic rings. The average Bonchev–Trinajstić information content (AvgIpc) is 2.37. The first-order chi connectivity index (χ1) is 8.49. The molecule has 1 amide bonds. The summed E-state index contributed by atoms with van der Waals surface area (Å²) in [5, 5.41) is 0. The van der Waals surface area contributed by atoms with Crippen LogP contribution in [0.3, 0.4) is 0 Å². The van der Waals surface area contributed by atoms with Crippen molar-refractivity contribution in [2.75, 3.05) is 26.4 Å². The minimum absolute atomic E-state index is 0.0350. The summed E-state index contributed by atoms with van der Waals surface area (Å²) in [4.78, 5) is 14.0. The van der Waals surface area contributed by atoms with Gasteiger partial charge in [-0.05, 0) is 18.1 Å². The van der Waals surface area contributed by atoms with Crippen LogP contribution in [0.25, 0.3) is 0 Å². The molecular formula is C14H22N2O2. The molecule has 4 heteroatoms. The van der Waals surface area contributed by atoms with E-state index in [1.54, 1.807) is 30.2 Å². The van der Waals surface area contributed by atoms with Crippen molar-refractivity contribution in [2.24, 2.45) is 5.92 Å². The van der Waals surface area contributed by atoms with Crippen molar-refractivity contribution in [2.45, 2.75) is 20.3 Å². The Hall–Kier alpha value is -1.71. The Balaban J connectivity index is 2.89. The number of nitrogens with two attached hydrogens (primary N) is 1. The number of ether oxygens (including phenoxy) is 1. The first kappa shape index (κ1) is 14.4. The van der Waals surface area contributed by atoms with Gasteiger partial charge < -0.3 is 15.4 Å². The summed E-state index contributed by atoms with van der Waals surface area (Å²) in [6.45, 7) is 4.99. The number of rotatable bonds is 5. The maximum Gasteiger partial charge on any atom is 0.257 e. The highest BCUT2D eigenvalue weighted by Gasteiger charge is 2.17. The molecule has 0 heterocycles. The van der Waals surface area contributed by atoms with E-state index < -0.39 is 0 Å². The lowest BCUT2D eigenvalue weighted by Crippen LogP contribution is -2.31. The second-order valence-electron chi connectivity index (χ2n) is 4.66. The Labute approximate surface area is 109 Å². The smallest absolute Gasteiger partial charge is 0.257 e. The lowest BCUT2D eigenvalue weighted by molar-refractivity contribution is 0.0771. The van der Waals surface area contributed by atoms with E-state index in [1.807, 2.05) is 7.05 Å². The normalized spacial score (nSPS) is 12.0. The molecule has 0 bridgehead atoms. The summed E-state index contributed by atoms with van der Waals surface area (Å²) >= 11 is 0. The number of hydrogen-bond donors (Lipinski definition) is 1. The second-order valence-corrected chi connectivity index (χ2v) is 4.66. The van der Waals surface area contributed by atoms with Crippen molar-refractivity contribution in [3.05, 3.63) is 23.8 Å². The first-order valence-corrected chi connectivity index (χ1v) is 6.18. The Morgan fingerprint density at radius 1 is 1.50 bits per heavy atom. The van der Waals surface area contributed by atoms with Gasteiger partial charge in [0.05, 0.1) is 12.7 Å². The Morgan fingerprint density at radius 3 is 2.72 bits per heavy atom. The molecular weight excluding hydrogens is 228 g/mol. The molecule has 100 valence electrons. The van der Waals surface area contributed by atoms with E-state index in [9.17, 15) is 4.79 Å². The van der Waals surface area contributed by atoms with E-state index >= 15 is 0 Å². The van der Waals surface area contributed by atoms with Gasteiger partial charge in [0.25, 0.3) is 5.91 Å². The number of nitrogens with zero attached hydrogens (tertiary/aromatic N) is 1. The van der Waals surface area contributed by atoms with Crippen molar-refractivity contribution < 1.29 is 9.53 Å². The van der Waals surface area contributed by atoms with E-state index in [0.29, 0.717) is 22.9 Å². The molecule has 1 rings (SSSR count). The van der Waals surface area contributed by atoms with E-state index in [4.69, 9.17) is 10.5 Å². The number of amides is 1. The number of methoxy groups -OCH3 is 1. The van der Waals surface area contributed by atoms with Crippen LogP contribution in [0.2, 0.25) is 0 Å². The van der Waals surface area contributed by atoms with Gasteiger partial charge >= 0.3 is 0 Å². The number of hydrogen-bond acceptors (Lipinski definition) is 3. The van der Waals surface area contributed by atoms with Gasteiger partial charge in [0.1, 0.15) is 5.75 Å². The zero-order chi connectivity index (χ0) is 13.7. The fourth-order valence-corrected chi connectivity index (χ4v) is 1.77. The molecule has 18 heavy (non-hydrogen) atoms. The van der Waals surface area contributed by atoms with Gasteiger partial charge in [-0.15, -0.1) is 0 Å². The summed E-state index contributed by atoms with van der Waals surface area (Å²) in [6.07, 6.45) is 1.05. The fourth-order valence-electron chi connectivity index (χ4n) is 1.77. The predicted octanol–water partition coefficient (Wildman–Crippen LogP) is 2.40. The Morgan fingerprint density at radius 2 is 2.17 bits per heavy atom. The van der Waals surface area contributed by atoms with Crippen molar-refractivity contribution >= 4 is 11.6 Å². The van der Waals surface area contributed by atoms with Crippen molar-refractivity contribution in [1.82, 2.24) is 4.90 Å². The monoisotopic (exact) mass is 250 g/mol. The van der Waals surface area contributed by atoms with E-state index in [1.165, 1.54) is 0 Å². The van der Waals surface area contributed by atoms with Crippen LogP contribution in [0.4, 0.5) is 5.69 Å². The standard InChI is InChI=1S/C14H22N2O2/c1-5-10(2)9-16(3)14(17)12-7-6-11(15)8-13(12)18-4/h6-8,10H,5,9,15H2,1-4H3. The van der Waals surface area contributed by atoms with Gasteiger partial charge in [-0.2, -0.15) is 0 Å². The van der Waals surface area contributed by atoms with Crippen molar-refractivity contribution in [3.63, 3.8) is 0 Å². The lowest BCUT2D eigenvalue weighted by atomic mass is 10.1. The van der Waals surface area contributed by atoms with Crippen LogP contribution < -0.4 is 10.5 Å². The van der Waals surface area contributed by atoms with Gasteiger partial charge in [0.2, 0.25) is 0 Å². The topological polar surface area (TPSA) is 55.6 Å². The minimum Gasteiger partial charge on any atom is -0.496 e. The maximum absolute atomic E-state index is 12.3. The molecule has 0 aromatic heterocycles. The fraction of sp³-hybridized carbons (Fsp3) is 0.500. The largest absolute Gasteiger partial charge is 0.496 e. The molecule has 0 aliphatic heterocycles. The summed E-state index contributed by atoms with van der Waals surface area (Å²) in [5.41, 5.74) is 6.82. The first-order valence-electron chi connectivity index (χ1n) is 6.18. The lowest BCUT2D eigenvalue weighted by Gasteiger charge is -2.21. The molecule has 1 unspecified atom stereocenters. The number of anilines is 1. The van der Waals surface area contributed by atoms with Gasteiger partial charge in [-0.3, -0.25) is 4.79 Å². The zero-order valence-corrected chi connectivity index (χ0v) is 11.6. The highest BCUT2D eigenvalue weighted by molar-refractivity contribution is 5.97. The third-order valence-electron chi connectivity index (χ3n) is 3.09. The molecule has 0 fully saturated rings. The third kappa shape index (κ3) is 3.39. The quantitative estimate of drug-likeness (QED) is 0.816. The van der Waals surface area contributed by atoms with E-state index in [0.717, 1.165) is 13.0 Å². The predicted molar refractivity (Wildman–Crippen MR) is 73.8 cm³/mol. The molecule has 0 radical (unpaired) electrons. The Kier molecular flexibility index (Phi) is 5.01. The molecule has 0 aliphatic carbocycles. The minimum atomic E-state index is -0.0350. The van der Waals surface area contributed by atoms with Gasteiger partial charge in [-0.25, -0.2) is 0 Å².